The Labute approximate surface area is 312 Å². The molecule has 298 valence electrons. The Balaban J connectivity index is 2.18. The molecule has 0 aromatic rings. The first-order valence-electron chi connectivity index (χ1n) is 20.6. The van der Waals surface area contributed by atoms with Gasteiger partial charge in [0.25, 0.3) is 0 Å². The summed E-state index contributed by atoms with van der Waals surface area (Å²) in [5.74, 6) is -0.387. The van der Waals surface area contributed by atoms with E-state index < -0.39 is 13.9 Å². The van der Waals surface area contributed by atoms with E-state index >= 15 is 0 Å². The second-order valence-corrected chi connectivity index (χ2v) is 15.3. The minimum atomic E-state index is -4.29. The van der Waals surface area contributed by atoms with Crippen molar-refractivity contribution in [1.29, 1.82) is 0 Å². The molecule has 0 aliphatic carbocycles. The number of carbonyl (C=O) groups excluding carboxylic acids is 1. The first-order valence-corrected chi connectivity index (χ1v) is 22.1. The van der Waals surface area contributed by atoms with Crippen LogP contribution in [0.3, 0.4) is 0 Å². The third kappa shape index (κ3) is 31.9. The molecule has 1 heterocycles. The van der Waals surface area contributed by atoms with Crippen molar-refractivity contribution in [3.8, 4) is 0 Å². The van der Waals surface area contributed by atoms with Crippen LogP contribution in [0.1, 0.15) is 168 Å². The molecule has 0 aromatic heterocycles. The van der Waals surface area contributed by atoms with Crippen LogP contribution in [0.15, 0.2) is 36.5 Å². The number of allylic oxidation sites excluding steroid dienone is 4. The quantitative estimate of drug-likeness (QED) is 0.0209. The van der Waals surface area contributed by atoms with Crippen LogP contribution in [-0.2, 0) is 32.6 Å². The van der Waals surface area contributed by atoms with Crippen molar-refractivity contribution < 1.29 is 37.5 Å². The van der Waals surface area contributed by atoms with Gasteiger partial charge in [-0.1, -0.05) is 147 Å². The molecule has 1 aliphatic rings. The fourth-order valence-electron chi connectivity index (χ4n) is 5.79. The fraction of sp³-hybridized carbons (Fsp3) is 0.829. The van der Waals surface area contributed by atoms with Gasteiger partial charge in [-0.2, -0.15) is 0 Å². The standard InChI is InChI=1S/C41H76NO8P/c1-3-5-7-9-11-12-13-14-15-16-17-21-25-29-34-46-36-38(37-48-51(44,45)47-35-33-42)49-41(43)32-28-24-20-18-19-23-27-31-40-39(50-40)30-26-22-10-8-6-4-2/h18,20,22-23,26-27,38-40H,3-17,19,21,24-25,28-37,42H2,1-2H3,(H,44,45)/b20-18-,26-22+,27-23-. The molecule has 1 rings (SSSR count). The molecule has 0 aromatic carbocycles. The summed E-state index contributed by atoms with van der Waals surface area (Å²) >= 11 is 0. The normalized spacial score (nSPS) is 17.9. The number of carbonyl (C=O) groups is 1. The smallest absolute Gasteiger partial charge is 0.457 e. The van der Waals surface area contributed by atoms with Crippen molar-refractivity contribution in [3.63, 3.8) is 0 Å². The molecule has 0 amide bonds. The highest BCUT2D eigenvalue weighted by molar-refractivity contribution is 7.47. The van der Waals surface area contributed by atoms with E-state index in [1.807, 2.05) is 0 Å². The molecule has 10 heteroatoms. The molecule has 1 saturated heterocycles. The first kappa shape index (κ1) is 47.7. The third-order valence-electron chi connectivity index (χ3n) is 8.96. The Kier molecular flexibility index (Phi) is 32.2. The highest BCUT2D eigenvalue weighted by Gasteiger charge is 2.36. The Morgan fingerprint density at radius 2 is 1.22 bits per heavy atom. The van der Waals surface area contributed by atoms with E-state index in [2.05, 4.69) is 50.3 Å². The fourth-order valence-corrected chi connectivity index (χ4v) is 6.56. The summed E-state index contributed by atoms with van der Waals surface area (Å²) in [5.41, 5.74) is 5.36. The molecule has 4 unspecified atom stereocenters. The monoisotopic (exact) mass is 742 g/mol. The number of hydrogen-bond donors (Lipinski definition) is 2. The van der Waals surface area contributed by atoms with Crippen LogP contribution in [0.4, 0.5) is 0 Å². The van der Waals surface area contributed by atoms with E-state index in [-0.39, 0.29) is 38.8 Å². The van der Waals surface area contributed by atoms with Gasteiger partial charge in [-0.25, -0.2) is 4.57 Å². The number of epoxide rings is 1. The van der Waals surface area contributed by atoms with Crippen LogP contribution in [0.25, 0.3) is 0 Å². The Morgan fingerprint density at radius 1 is 0.686 bits per heavy atom. The summed E-state index contributed by atoms with van der Waals surface area (Å²) in [6, 6.07) is 0. The van der Waals surface area contributed by atoms with Crippen molar-refractivity contribution in [2.24, 2.45) is 5.73 Å². The van der Waals surface area contributed by atoms with Crippen LogP contribution < -0.4 is 5.73 Å². The predicted octanol–water partition coefficient (Wildman–Crippen LogP) is 10.8. The average Bonchev–Trinajstić information content (AvgIpc) is 3.87. The summed E-state index contributed by atoms with van der Waals surface area (Å²) in [5, 5.41) is 0. The Morgan fingerprint density at radius 3 is 1.84 bits per heavy atom. The van der Waals surface area contributed by atoms with Gasteiger partial charge in [0.2, 0.25) is 0 Å². The van der Waals surface area contributed by atoms with E-state index in [0.29, 0.717) is 25.2 Å². The van der Waals surface area contributed by atoms with Crippen LogP contribution >= 0.6 is 7.82 Å². The largest absolute Gasteiger partial charge is 0.472 e. The molecule has 0 bridgehead atoms. The van der Waals surface area contributed by atoms with E-state index in [0.717, 1.165) is 38.5 Å². The van der Waals surface area contributed by atoms with Crippen molar-refractivity contribution >= 4 is 13.8 Å². The van der Waals surface area contributed by atoms with Gasteiger partial charge in [0.15, 0.2) is 0 Å². The number of rotatable bonds is 38. The molecule has 1 fully saturated rings. The van der Waals surface area contributed by atoms with E-state index in [1.54, 1.807) is 0 Å². The molecular weight excluding hydrogens is 665 g/mol. The molecule has 3 N–H and O–H groups in total. The van der Waals surface area contributed by atoms with Crippen LogP contribution in [0, 0.1) is 0 Å². The topological polar surface area (TPSA) is 130 Å². The number of unbranched alkanes of at least 4 members (excludes halogenated alkanes) is 17. The molecular formula is C41H76NO8P. The average molecular weight is 742 g/mol. The van der Waals surface area contributed by atoms with Gasteiger partial charge in [0, 0.05) is 19.6 Å². The maximum atomic E-state index is 12.6. The van der Waals surface area contributed by atoms with Crippen molar-refractivity contribution in [1.82, 2.24) is 0 Å². The molecule has 0 spiro atoms. The number of hydrogen-bond acceptors (Lipinski definition) is 8. The second-order valence-electron chi connectivity index (χ2n) is 13.9. The van der Waals surface area contributed by atoms with Crippen LogP contribution in [0.5, 0.6) is 0 Å². The van der Waals surface area contributed by atoms with Crippen molar-refractivity contribution in [3.05, 3.63) is 36.5 Å². The lowest BCUT2D eigenvalue weighted by molar-refractivity contribution is -0.154. The number of ether oxygens (including phenoxy) is 3. The Hall–Kier alpha value is -1.32. The van der Waals surface area contributed by atoms with Crippen LogP contribution in [0.2, 0.25) is 0 Å². The lowest BCUT2D eigenvalue weighted by atomic mass is 10.0. The lowest BCUT2D eigenvalue weighted by Gasteiger charge is -2.20. The zero-order valence-electron chi connectivity index (χ0n) is 32.5. The molecule has 9 nitrogen and oxygen atoms in total. The summed E-state index contributed by atoms with van der Waals surface area (Å²) in [4.78, 5) is 22.4. The number of phosphoric ester groups is 1. The summed E-state index contributed by atoms with van der Waals surface area (Å²) < 4.78 is 39.1. The van der Waals surface area contributed by atoms with Gasteiger partial charge < -0.3 is 24.8 Å². The molecule has 0 saturated carbocycles. The van der Waals surface area contributed by atoms with E-state index in [4.69, 9.17) is 29.0 Å². The maximum absolute atomic E-state index is 12.6. The highest BCUT2D eigenvalue weighted by atomic mass is 31.2. The van der Waals surface area contributed by atoms with Gasteiger partial charge in [-0.15, -0.1) is 0 Å². The second kappa shape index (κ2) is 34.4. The first-order chi connectivity index (χ1) is 24.9. The van der Waals surface area contributed by atoms with Gasteiger partial charge in [-0.3, -0.25) is 13.8 Å². The molecule has 51 heavy (non-hydrogen) atoms. The van der Waals surface area contributed by atoms with Crippen molar-refractivity contribution in [2.45, 2.75) is 186 Å². The number of phosphoric acid groups is 1. The van der Waals surface area contributed by atoms with E-state index in [1.165, 1.54) is 103 Å². The number of nitrogens with two attached hydrogens (primary N) is 1. The summed E-state index contributed by atoms with van der Waals surface area (Å²) in [6.45, 7) is 4.81. The maximum Gasteiger partial charge on any atom is 0.472 e. The molecule has 0 radical (unpaired) electrons. The number of esters is 1. The lowest BCUT2D eigenvalue weighted by Crippen LogP contribution is -2.28. The molecule has 1 aliphatic heterocycles. The third-order valence-corrected chi connectivity index (χ3v) is 9.95. The minimum absolute atomic E-state index is 0.0899. The van der Waals surface area contributed by atoms with E-state index in [9.17, 15) is 14.3 Å². The van der Waals surface area contributed by atoms with Gasteiger partial charge in [-0.05, 0) is 51.4 Å². The van der Waals surface area contributed by atoms with Gasteiger partial charge in [0.05, 0.1) is 32.0 Å². The Bertz CT molecular complexity index is 943. The highest BCUT2D eigenvalue weighted by Crippen LogP contribution is 2.43. The molecule has 4 atom stereocenters. The zero-order chi connectivity index (χ0) is 37.1. The summed E-state index contributed by atoms with van der Waals surface area (Å²) in [6.07, 6.45) is 40.5. The SMILES string of the molecule is CCCCC/C=C/CC1OC1C/C=C\C/C=C\CCCC(=O)OC(COCCCCCCCCCCCCCCCC)COP(=O)(O)OCCN. The van der Waals surface area contributed by atoms with Gasteiger partial charge in [0.1, 0.15) is 6.10 Å². The van der Waals surface area contributed by atoms with Crippen LogP contribution in [-0.4, -0.2) is 62.1 Å². The minimum Gasteiger partial charge on any atom is -0.457 e. The summed E-state index contributed by atoms with van der Waals surface area (Å²) in [7, 11) is -4.29. The predicted molar refractivity (Wildman–Crippen MR) is 210 cm³/mol. The zero-order valence-corrected chi connectivity index (χ0v) is 33.4. The van der Waals surface area contributed by atoms with Crippen molar-refractivity contribution in [2.75, 3.05) is 33.0 Å². The van der Waals surface area contributed by atoms with Gasteiger partial charge >= 0.3 is 13.8 Å².